The molecule has 122 valence electrons. The van der Waals surface area contributed by atoms with Gasteiger partial charge < -0.3 is 15.4 Å². The van der Waals surface area contributed by atoms with E-state index in [0.29, 0.717) is 17.4 Å². The van der Waals surface area contributed by atoms with Crippen molar-refractivity contribution in [2.24, 2.45) is 5.92 Å². The molecule has 0 saturated heterocycles. The number of carbonyl (C=O) groups is 1. The quantitative estimate of drug-likeness (QED) is 0.762. The minimum absolute atomic E-state index is 0.376. The summed E-state index contributed by atoms with van der Waals surface area (Å²) in [6, 6.07) is 8.85. The van der Waals surface area contributed by atoms with Gasteiger partial charge in [-0.1, -0.05) is 19.9 Å². The van der Waals surface area contributed by atoms with Crippen molar-refractivity contribution in [1.82, 2.24) is 9.97 Å². The van der Waals surface area contributed by atoms with Crippen molar-refractivity contribution in [3.8, 4) is 0 Å². The maximum Gasteiger partial charge on any atom is 0.337 e. The number of esters is 1. The zero-order valence-corrected chi connectivity index (χ0v) is 13.7. The van der Waals surface area contributed by atoms with E-state index >= 15 is 0 Å². The first kappa shape index (κ1) is 16.7. The smallest absolute Gasteiger partial charge is 0.337 e. The summed E-state index contributed by atoms with van der Waals surface area (Å²) in [5.41, 5.74) is 1.20. The Balaban J connectivity index is 2.04. The highest BCUT2D eigenvalue weighted by Gasteiger charge is 2.06. The van der Waals surface area contributed by atoms with Gasteiger partial charge in [0.25, 0.3) is 0 Å². The highest BCUT2D eigenvalue weighted by atomic mass is 16.5. The summed E-state index contributed by atoms with van der Waals surface area (Å²) in [5.74, 6) is 1.51. The third-order valence-electron chi connectivity index (χ3n) is 3.22. The molecule has 0 aliphatic carbocycles. The average Bonchev–Trinajstić information content (AvgIpc) is 2.54. The van der Waals surface area contributed by atoms with Crippen LogP contribution in [-0.2, 0) is 4.74 Å². The van der Waals surface area contributed by atoms with Gasteiger partial charge in [0.2, 0.25) is 5.95 Å². The van der Waals surface area contributed by atoms with E-state index in [-0.39, 0.29) is 5.97 Å². The SMILES string of the molecule is COC(=O)c1cccc(Nc2nccc(NCCC(C)C)n2)c1. The van der Waals surface area contributed by atoms with Crippen molar-refractivity contribution >= 4 is 23.4 Å². The molecule has 0 fully saturated rings. The van der Waals surface area contributed by atoms with Crippen LogP contribution in [0.1, 0.15) is 30.6 Å². The fraction of sp³-hybridized carbons (Fsp3) is 0.353. The first-order chi connectivity index (χ1) is 11.1. The Morgan fingerprint density at radius 2 is 2.13 bits per heavy atom. The van der Waals surface area contributed by atoms with Gasteiger partial charge in [0.15, 0.2) is 0 Å². The van der Waals surface area contributed by atoms with Gasteiger partial charge in [0.1, 0.15) is 5.82 Å². The van der Waals surface area contributed by atoms with Crippen LogP contribution in [0.15, 0.2) is 36.5 Å². The van der Waals surface area contributed by atoms with Crippen LogP contribution in [0, 0.1) is 5.92 Å². The van der Waals surface area contributed by atoms with Gasteiger partial charge in [0, 0.05) is 18.4 Å². The molecule has 0 radical (unpaired) electrons. The van der Waals surface area contributed by atoms with Gasteiger partial charge in [-0.05, 0) is 36.6 Å². The Morgan fingerprint density at radius 3 is 2.87 bits per heavy atom. The molecule has 0 aliphatic rings. The number of nitrogens with zero attached hydrogens (tertiary/aromatic N) is 2. The first-order valence-corrected chi connectivity index (χ1v) is 7.61. The molecule has 1 aromatic carbocycles. The fourth-order valence-electron chi connectivity index (χ4n) is 1.98. The third-order valence-corrected chi connectivity index (χ3v) is 3.22. The van der Waals surface area contributed by atoms with E-state index < -0.39 is 0 Å². The van der Waals surface area contributed by atoms with E-state index in [0.717, 1.165) is 24.5 Å². The van der Waals surface area contributed by atoms with E-state index in [1.165, 1.54) is 7.11 Å². The summed E-state index contributed by atoms with van der Waals surface area (Å²) < 4.78 is 4.72. The number of nitrogens with one attached hydrogen (secondary N) is 2. The zero-order chi connectivity index (χ0) is 16.7. The summed E-state index contributed by atoms with van der Waals surface area (Å²) in [5, 5.41) is 6.37. The predicted molar refractivity (Wildman–Crippen MR) is 91.0 cm³/mol. The van der Waals surface area contributed by atoms with E-state index in [1.54, 1.807) is 24.4 Å². The van der Waals surface area contributed by atoms with Crippen LogP contribution in [0.3, 0.4) is 0 Å². The molecule has 2 aromatic rings. The maximum atomic E-state index is 11.6. The Hall–Kier alpha value is -2.63. The van der Waals surface area contributed by atoms with Gasteiger partial charge >= 0.3 is 5.97 Å². The van der Waals surface area contributed by atoms with E-state index in [4.69, 9.17) is 4.74 Å². The number of ether oxygens (including phenoxy) is 1. The summed E-state index contributed by atoms with van der Waals surface area (Å²) in [7, 11) is 1.36. The molecule has 0 saturated carbocycles. The topological polar surface area (TPSA) is 76.1 Å². The normalized spacial score (nSPS) is 10.4. The second kappa shape index (κ2) is 8.12. The number of methoxy groups -OCH3 is 1. The number of benzene rings is 1. The van der Waals surface area contributed by atoms with Crippen molar-refractivity contribution in [2.75, 3.05) is 24.3 Å². The molecule has 2 N–H and O–H groups in total. The Kier molecular flexibility index (Phi) is 5.91. The van der Waals surface area contributed by atoms with Crippen LogP contribution in [0.25, 0.3) is 0 Å². The molecule has 0 bridgehead atoms. The summed E-state index contributed by atoms with van der Waals surface area (Å²) in [6.07, 6.45) is 2.77. The Bertz CT molecular complexity index is 659. The lowest BCUT2D eigenvalue weighted by Crippen LogP contribution is -2.07. The Labute approximate surface area is 136 Å². The van der Waals surface area contributed by atoms with Crippen molar-refractivity contribution in [3.63, 3.8) is 0 Å². The van der Waals surface area contributed by atoms with Crippen molar-refractivity contribution in [2.45, 2.75) is 20.3 Å². The van der Waals surface area contributed by atoms with Crippen LogP contribution in [0.5, 0.6) is 0 Å². The fourth-order valence-corrected chi connectivity index (χ4v) is 1.98. The van der Waals surface area contributed by atoms with Crippen molar-refractivity contribution < 1.29 is 9.53 Å². The van der Waals surface area contributed by atoms with E-state index in [1.807, 2.05) is 12.1 Å². The predicted octanol–water partition coefficient (Wildman–Crippen LogP) is 3.46. The molecule has 1 heterocycles. The Morgan fingerprint density at radius 1 is 1.30 bits per heavy atom. The molecule has 0 unspecified atom stereocenters. The summed E-state index contributed by atoms with van der Waals surface area (Å²) >= 11 is 0. The largest absolute Gasteiger partial charge is 0.465 e. The average molecular weight is 314 g/mol. The highest BCUT2D eigenvalue weighted by Crippen LogP contribution is 2.16. The minimum Gasteiger partial charge on any atom is -0.465 e. The monoisotopic (exact) mass is 314 g/mol. The molecule has 1 aromatic heterocycles. The van der Waals surface area contributed by atoms with E-state index in [9.17, 15) is 4.79 Å². The maximum absolute atomic E-state index is 11.6. The molecular weight excluding hydrogens is 292 g/mol. The summed E-state index contributed by atoms with van der Waals surface area (Å²) in [6.45, 7) is 5.23. The van der Waals surface area contributed by atoms with Crippen molar-refractivity contribution in [3.05, 3.63) is 42.1 Å². The van der Waals surface area contributed by atoms with Crippen LogP contribution >= 0.6 is 0 Å². The number of aromatic nitrogens is 2. The second-order valence-corrected chi connectivity index (χ2v) is 5.57. The lowest BCUT2D eigenvalue weighted by atomic mass is 10.1. The number of carbonyl (C=O) groups excluding carboxylic acids is 1. The standard InChI is InChI=1S/C17H22N4O2/c1-12(2)7-9-18-15-8-10-19-17(21-15)20-14-6-4-5-13(11-14)16(22)23-3/h4-6,8,10-12H,7,9H2,1-3H3,(H2,18,19,20,21). The number of anilines is 3. The van der Waals surface area contributed by atoms with Gasteiger partial charge in [-0.25, -0.2) is 9.78 Å². The zero-order valence-electron chi connectivity index (χ0n) is 13.7. The van der Waals surface area contributed by atoms with Gasteiger partial charge in [0.05, 0.1) is 12.7 Å². The lowest BCUT2D eigenvalue weighted by molar-refractivity contribution is 0.0601. The third kappa shape index (κ3) is 5.25. The van der Waals surface area contributed by atoms with Crippen LogP contribution < -0.4 is 10.6 Å². The number of hydrogen-bond acceptors (Lipinski definition) is 6. The van der Waals surface area contributed by atoms with Gasteiger partial charge in [-0.2, -0.15) is 4.98 Å². The van der Waals surface area contributed by atoms with E-state index in [2.05, 4.69) is 34.4 Å². The molecule has 6 nitrogen and oxygen atoms in total. The lowest BCUT2D eigenvalue weighted by Gasteiger charge is -2.10. The molecule has 0 atom stereocenters. The molecule has 0 amide bonds. The minimum atomic E-state index is -0.376. The first-order valence-electron chi connectivity index (χ1n) is 7.61. The second-order valence-electron chi connectivity index (χ2n) is 5.57. The highest BCUT2D eigenvalue weighted by molar-refractivity contribution is 5.90. The number of hydrogen-bond donors (Lipinski definition) is 2. The van der Waals surface area contributed by atoms with Gasteiger partial charge in [-0.3, -0.25) is 0 Å². The van der Waals surface area contributed by atoms with Crippen LogP contribution in [0.2, 0.25) is 0 Å². The van der Waals surface area contributed by atoms with Crippen molar-refractivity contribution in [1.29, 1.82) is 0 Å². The molecule has 6 heteroatoms. The number of rotatable bonds is 7. The molecule has 23 heavy (non-hydrogen) atoms. The molecule has 0 spiro atoms. The van der Waals surface area contributed by atoms with Crippen LogP contribution in [0.4, 0.5) is 17.5 Å². The molecule has 0 aliphatic heterocycles. The van der Waals surface area contributed by atoms with Gasteiger partial charge in [-0.15, -0.1) is 0 Å². The molecular formula is C17H22N4O2. The summed E-state index contributed by atoms with van der Waals surface area (Å²) in [4.78, 5) is 20.2. The molecule has 2 rings (SSSR count). The van der Waals surface area contributed by atoms with Crippen LogP contribution in [-0.4, -0.2) is 29.6 Å².